The van der Waals surface area contributed by atoms with E-state index < -0.39 is 6.10 Å². The molecule has 1 aromatic heterocycles. The summed E-state index contributed by atoms with van der Waals surface area (Å²) in [5, 5.41) is 17.6. The largest absolute Gasteiger partial charge is 0.393 e. The number of nitrogens with zero attached hydrogens (tertiary/aromatic N) is 2. The van der Waals surface area contributed by atoms with Gasteiger partial charge in [-0.05, 0) is 30.9 Å². The first-order chi connectivity index (χ1) is 11.1. The zero-order chi connectivity index (χ0) is 16.0. The summed E-state index contributed by atoms with van der Waals surface area (Å²) in [6, 6.07) is 7.87. The molecule has 120 valence electrons. The highest BCUT2D eigenvalue weighted by molar-refractivity contribution is 5.90. The van der Waals surface area contributed by atoms with E-state index in [1.165, 1.54) is 4.68 Å². The Labute approximate surface area is 134 Å². The topological polar surface area (TPSA) is 93.2 Å². The summed E-state index contributed by atoms with van der Waals surface area (Å²) in [6.07, 6.45) is 2.16. The second kappa shape index (κ2) is 5.38. The molecule has 6 heteroatoms. The fourth-order valence-electron chi connectivity index (χ4n) is 3.62. The molecule has 1 aliphatic carbocycles. The van der Waals surface area contributed by atoms with E-state index in [1.807, 2.05) is 24.3 Å². The predicted molar refractivity (Wildman–Crippen MR) is 87.6 cm³/mol. The number of anilines is 2. The zero-order valence-electron chi connectivity index (χ0n) is 12.8. The highest BCUT2D eigenvalue weighted by Gasteiger charge is 2.32. The van der Waals surface area contributed by atoms with Crippen LogP contribution in [0.4, 0.5) is 11.5 Å². The molecule has 1 aliphatic heterocycles. The third kappa shape index (κ3) is 2.30. The third-order valence-corrected chi connectivity index (χ3v) is 4.85. The fraction of sp³-hybridized carbons (Fsp3) is 0.412. The number of hydrogen-bond donors (Lipinski definition) is 3. The summed E-state index contributed by atoms with van der Waals surface area (Å²) in [5.41, 5.74) is 9.85. The number of fused-ring (bicyclic) bond motifs is 2. The van der Waals surface area contributed by atoms with E-state index in [2.05, 4.69) is 10.4 Å². The molecule has 0 radical (unpaired) electrons. The molecule has 2 atom stereocenters. The van der Waals surface area contributed by atoms with Gasteiger partial charge in [0, 0.05) is 24.2 Å². The Morgan fingerprint density at radius 3 is 3.04 bits per heavy atom. The van der Waals surface area contributed by atoms with Gasteiger partial charge in [-0.3, -0.25) is 4.79 Å². The molecule has 0 unspecified atom stereocenters. The summed E-state index contributed by atoms with van der Waals surface area (Å²) < 4.78 is 1.36. The third-order valence-electron chi connectivity index (χ3n) is 4.85. The van der Waals surface area contributed by atoms with Gasteiger partial charge in [-0.2, -0.15) is 9.78 Å². The zero-order valence-corrected chi connectivity index (χ0v) is 12.8. The molecule has 0 bridgehead atoms. The lowest BCUT2D eigenvalue weighted by Gasteiger charge is -2.25. The normalized spacial score (nSPS) is 22.8. The minimum atomic E-state index is -0.392. The van der Waals surface area contributed by atoms with Crippen molar-refractivity contribution in [3.8, 4) is 0 Å². The maximum absolute atomic E-state index is 13.0. The molecule has 4 N–H and O–H groups in total. The van der Waals surface area contributed by atoms with Crippen LogP contribution in [0.3, 0.4) is 0 Å². The van der Waals surface area contributed by atoms with E-state index in [9.17, 15) is 9.90 Å². The Kier molecular flexibility index (Phi) is 3.34. The molecule has 2 aliphatic rings. The van der Waals surface area contributed by atoms with Crippen LogP contribution in [0.1, 0.15) is 40.4 Å². The van der Waals surface area contributed by atoms with Crippen molar-refractivity contribution >= 4 is 17.4 Å². The van der Waals surface area contributed by atoms with Gasteiger partial charge in [-0.1, -0.05) is 18.2 Å². The quantitative estimate of drug-likeness (QED) is 0.743. The van der Waals surface area contributed by atoms with Crippen LogP contribution in [-0.2, 0) is 12.8 Å². The highest BCUT2D eigenvalue weighted by atomic mass is 16.3. The SMILES string of the molecule is Nc1c2c(nn1C(=O)[C@@H]1CCNc3ccccc31)CC[C@@H](O)C2. The van der Waals surface area contributed by atoms with Crippen LogP contribution >= 0.6 is 0 Å². The average molecular weight is 312 g/mol. The number of benzene rings is 1. The van der Waals surface area contributed by atoms with Crippen molar-refractivity contribution in [2.75, 3.05) is 17.6 Å². The van der Waals surface area contributed by atoms with Gasteiger partial charge >= 0.3 is 0 Å². The summed E-state index contributed by atoms with van der Waals surface area (Å²) in [5.74, 6) is 0.0705. The molecule has 1 aromatic carbocycles. The molecular weight excluding hydrogens is 292 g/mol. The molecule has 2 aromatic rings. The summed E-state index contributed by atoms with van der Waals surface area (Å²) in [7, 11) is 0. The second-order valence-electron chi connectivity index (χ2n) is 6.31. The number of carbonyl (C=O) groups is 1. The van der Waals surface area contributed by atoms with E-state index in [-0.39, 0.29) is 11.8 Å². The molecular formula is C17H20N4O2. The number of nitrogens with two attached hydrogens (primary N) is 1. The van der Waals surface area contributed by atoms with Crippen molar-refractivity contribution in [1.82, 2.24) is 9.78 Å². The van der Waals surface area contributed by atoms with E-state index in [1.54, 1.807) is 0 Å². The van der Waals surface area contributed by atoms with Crippen molar-refractivity contribution in [1.29, 1.82) is 0 Å². The number of carbonyl (C=O) groups excluding carboxylic acids is 1. The maximum Gasteiger partial charge on any atom is 0.256 e. The number of aliphatic hydroxyl groups is 1. The molecule has 0 amide bonds. The summed E-state index contributed by atoms with van der Waals surface area (Å²) in [4.78, 5) is 13.0. The molecule has 0 saturated heterocycles. The lowest BCUT2D eigenvalue weighted by Crippen LogP contribution is -2.28. The number of aromatic nitrogens is 2. The van der Waals surface area contributed by atoms with Crippen molar-refractivity contribution in [2.45, 2.75) is 37.7 Å². The van der Waals surface area contributed by atoms with Crippen molar-refractivity contribution in [2.24, 2.45) is 0 Å². The van der Waals surface area contributed by atoms with Gasteiger partial charge in [-0.15, -0.1) is 0 Å². The van der Waals surface area contributed by atoms with Crippen molar-refractivity contribution in [3.63, 3.8) is 0 Å². The van der Waals surface area contributed by atoms with Gasteiger partial charge in [0.05, 0.1) is 17.7 Å². The Hall–Kier alpha value is -2.34. The number of para-hydroxylation sites is 1. The Balaban J connectivity index is 1.71. The van der Waals surface area contributed by atoms with Crippen LogP contribution < -0.4 is 11.1 Å². The molecule has 6 nitrogen and oxygen atoms in total. The number of hydrogen-bond acceptors (Lipinski definition) is 5. The van der Waals surface area contributed by atoms with Crippen molar-refractivity contribution in [3.05, 3.63) is 41.1 Å². The first kappa shape index (κ1) is 14.3. The van der Waals surface area contributed by atoms with Crippen LogP contribution in [0.15, 0.2) is 24.3 Å². The molecule has 0 fully saturated rings. The smallest absolute Gasteiger partial charge is 0.256 e. The van der Waals surface area contributed by atoms with Crippen LogP contribution in [0.25, 0.3) is 0 Å². The van der Waals surface area contributed by atoms with E-state index in [4.69, 9.17) is 5.73 Å². The number of nitrogen functional groups attached to an aromatic ring is 1. The lowest BCUT2D eigenvalue weighted by molar-refractivity contribution is 0.0859. The van der Waals surface area contributed by atoms with Crippen molar-refractivity contribution < 1.29 is 9.90 Å². The number of rotatable bonds is 1. The minimum Gasteiger partial charge on any atom is -0.393 e. The first-order valence-corrected chi connectivity index (χ1v) is 8.06. The van der Waals surface area contributed by atoms with E-state index in [0.29, 0.717) is 25.1 Å². The number of aliphatic hydroxyl groups excluding tert-OH is 1. The number of nitrogens with one attached hydrogen (secondary N) is 1. The summed E-state index contributed by atoms with van der Waals surface area (Å²) >= 11 is 0. The molecule has 0 spiro atoms. The van der Waals surface area contributed by atoms with Gasteiger partial charge in [0.15, 0.2) is 0 Å². The Bertz CT molecular complexity index is 768. The Morgan fingerprint density at radius 2 is 2.17 bits per heavy atom. The van der Waals surface area contributed by atoms with Gasteiger partial charge in [0.2, 0.25) is 0 Å². The van der Waals surface area contributed by atoms with Gasteiger partial charge in [0.25, 0.3) is 5.91 Å². The highest BCUT2D eigenvalue weighted by Crippen LogP contribution is 2.34. The van der Waals surface area contributed by atoms with E-state index in [0.717, 1.165) is 35.5 Å². The molecule has 23 heavy (non-hydrogen) atoms. The van der Waals surface area contributed by atoms with Gasteiger partial charge < -0.3 is 16.2 Å². The molecule has 4 rings (SSSR count). The molecule has 0 saturated carbocycles. The van der Waals surface area contributed by atoms with Crippen LogP contribution in [0, 0.1) is 0 Å². The lowest BCUT2D eigenvalue weighted by atomic mass is 9.90. The first-order valence-electron chi connectivity index (χ1n) is 8.06. The minimum absolute atomic E-state index is 0.0830. The van der Waals surface area contributed by atoms with Gasteiger partial charge in [-0.25, -0.2) is 0 Å². The number of aryl methyl sites for hydroxylation is 1. The molecule has 2 heterocycles. The average Bonchev–Trinajstić information content (AvgIpc) is 2.90. The maximum atomic E-state index is 13.0. The van der Waals surface area contributed by atoms with Crippen LogP contribution in [0.2, 0.25) is 0 Å². The summed E-state index contributed by atoms with van der Waals surface area (Å²) in [6.45, 7) is 0.757. The standard InChI is InChI=1S/C17H20N4O2/c18-16-13-9-10(22)5-6-15(13)20-21(16)17(23)12-7-8-19-14-4-2-1-3-11(12)14/h1-4,10,12,19,22H,5-9,18H2/t10-,12-/m1/s1. The van der Waals surface area contributed by atoms with Gasteiger partial charge in [0.1, 0.15) is 5.82 Å². The monoisotopic (exact) mass is 312 g/mol. The predicted octanol–water partition coefficient (Wildman–Crippen LogP) is 1.55. The Morgan fingerprint density at radius 1 is 1.35 bits per heavy atom. The fourth-order valence-corrected chi connectivity index (χ4v) is 3.62. The second-order valence-corrected chi connectivity index (χ2v) is 6.31. The van der Waals surface area contributed by atoms with Crippen LogP contribution in [0.5, 0.6) is 0 Å². The van der Waals surface area contributed by atoms with E-state index >= 15 is 0 Å². The van der Waals surface area contributed by atoms with Crippen LogP contribution in [-0.4, -0.2) is 33.4 Å².